The molecule has 0 aromatic heterocycles. The molecule has 1 unspecified atom stereocenters. The standard InChI is InChI=1S/C27H30N2O5/c1-2-16(13-24(30)29-12-11-21-22(14-29)25(21)26(31)32)28-27(33)34-15-23-19-9-5-3-7-17(19)18-8-4-6-10-20(18)23/h3-10,16,21-23,25H,2,11-15H2,1H3,(H,28,33)(H,31,32)/t16-,21-,22+,25?/m0/s1. The molecule has 2 aliphatic carbocycles. The Balaban J connectivity index is 1.15. The number of likely N-dealkylation sites (tertiary alicyclic amines) is 1. The molecule has 1 aliphatic heterocycles. The van der Waals surface area contributed by atoms with Gasteiger partial charge in [-0.15, -0.1) is 0 Å². The maximum atomic E-state index is 12.8. The molecule has 0 radical (unpaired) electrons. The third-order valence-electron chi connectivity index (χ3n) is 7.71. The minimum Gasteiger partial charge on any atom is -0.481 e. The number of nitrogens with zero attached hydrogens (tertiary/aromatic N) is 1. The fourth-order valence-corrected chi connectivity index (χ4v) is 5.78. The summed E-state index contributed by atoms with van der Waals surface area (Å²) in [4.78, 5) is 38.5. The Kier molecular flexibility index (Phi) is 6.02. The van der Waals surface area contributed by atoms with E-state index in [-0.39, 0.29) is 48.6 Å². The first-order valence-corrected chi connectivity index (χ1v) is 12.1. The smallest absolute Gasteiger partial charge is 0.407 e. The van der Waals surface area contributed by atoms with Gasteiger partial charge in [0.25, 0.3) is 0 Å². The highest BCUT2D eigenvalue weighted by Crippen LogP contribution is 2.51. The van der Waals surface area contributed by atoms with E-state index in [1.165, 1.54) is 11.1 Å². The molecule has 34 heavy (non-hydrogen) atoms. The summed E-state index contributed by atoms with van der Waals surface area (Å²) < 4.78 is 5.62. The fourth-order valence-electron chi connectivity index (χ4n) is 5.78. The summed E-state index contributed by atoms with van der Waals surface area (Å²) in [5.74, 6) is -0.832. The van der Waals surface area contributed by atoms with Crippen LogP contribution >= 0.6 is 0 Å². The van der Waals surface area contributed by atoms with Crippen molar-refractivity contribution in [2.75, 3.05) is 19.7 Å². The van der Waals surface area contributed by atoms with Gasteiger partial charge in [0.15, 0.2) is 0 Å². The Morgan fingerprint density at radius 2 is 1.71 bits per heavy atom. The molecule has 7 nitrogen and oxygen atoms in total. The molecule has 178 valence electrons. The van der Waals surface area contributed by atoms with Crippen molar-refractivity contribution in [1.82, 2.24) is 10.2 Å². The summed E-state index contributed by atoms with van der Waals surface area (Å²) >= 11 is 0. The van der Waals surface area contributed by atoms with Gasteiger partial charge in [-0.25, -0.2) is 4.79 Å². The van der Waals surface area contributed by atoms with Crippen LogP contribution in [-0.4, -0.2) is 53.7 Å². The van der Waals surface area contributed by atoms with Crippen molar-refractivity contribution in [3.8, 4) is 11.1 Å². The Labute approximate surface area is 199 Å². The molecule has 1 saturated heterocycles. The second-order valence-corrected chi connectivity index (χ2v) is 9.60. The molecule has 7 heteroatoms. The summed E-state index contributed by atoms with van der Waals surface area (Å²) in [6, 6.07) is 16.0. The molecule has 2 aromatic carbocycles. The number of alkyl carbamates (subject to hydrolysis) is 1. The van der Waals surface area contributed by atoms with Gasteiger partial charge in [0.1, 0.15) is 6.61 Å². The number of nitrogens with one attached hydrogen (secondary N) is 1. The lowest BCUT2D eigenvalue weighted by Gasteiger charge is -2.28. The van der Waals surface area contributed by atoms with Gasteiger partial charge in [-0.05, 0) is 46.9 Å². The van der Waals surface area contributed by atoms with E-state index < -0.39 is 12.1 Å². The molecule has 2 amide bonds. The van der Waals surface area contributed by atoms with E-state index in [4.69, 9.17) is 4.74 Å². The van der Waals surface area contributed by atoms with Crippen molar-refractivity contribution in [1.29, 1.82) is 0 Å². The lowest BCUT2D eigenvalue weighted by molar-refractivity contribution is -0.139. The summed E-state index contributed by atoms with van der Waals surface area (Å²) in [7, 11) is 0. The number of fused-ring (bicyclic) bond motifs is 4. The van der Waals surface area contributed by atoms with E-state index in [9.17, 15) is 19.5 Å². The lowest BCUT2D eigenvalue weighted by Crippen LogP contribution is -2.43. The second kappa shape index (κ2) is 9.12. The van der Waals surface area contributed by atoms with Gasteiger partial charge in [-0.3, -0.25) is 9.59 Å². The van der Waals surface area contributed by atoms with Crippen molar-refractivity contribution >= 4 is 18.0 Å². The van der Waals surface area contributed by atoms with Gasteiger partial charge >= 0.3 is 12.1 Å². The number of hydrogen-bond donors (Lipinski definition) is 2. The number of hydrogen-bond acceptors (Lipinski definition) is 4. The van der Waals surface area contributed by atoms with Crippen LogP contribution in [0.5, 0.6) is 0 Å². The van der Waals surface area contributed by atoms with Crippen molar-refractivity contribution in [3.63, 3.8) is 0 Å². The van der Waals surface area contributed by atoms with Gasteiger partial charge in [0, 0.05) is 31.5 Å². The number of aliphatic carboxylic acids is 1. The maximum Gasteiger partial charge on any atom is 0.407 e. The first kappa shape index (κ1) is 22.4. The number of carbonyl (C=O) groups excluding carboxylic acids is 2. The zero-order valence-electron chi connectivity index (χ0n) is 19.3. The number of rotatable bonds is 7. The number of amides is 2. The molecule has 0 spiro atoms. The first-order valence-electron chi connectivity index (χ1n) is 12.1. The van der Waals surface area contributed by atoms with Gasteiger partial charge in [0.2, 0.25) is 5.91 Å². The minimum absolute atomic E-state index is 0.0122. The average Bonchev–Trinajstić information content (AvgIpc) is 3.49. The van der Waals surface area contributed by atoms with E-state index in [0.717, 1.165) is 17.5 Å². The Hall–Kier alpha value is -3.35. The molecule has 1 heterocycles. The van der Waals surface area contributed by atoms with Gasteiger partial charge < -0.3 is 20.1 Å². The number of benzene rings is 2. The number of carboxylic acids is 1. The van der Waals surface area contributed by atoms with E-state index >= 15 is 0 Å². The molecule has 2 aromatic rings. The third kappa shape index (κ3) is 4.15. The van der Waals surface area contributed by atoms with Gasteiger partial charge in [-0.1, -0.05) is 55.5 Å². The summed E-state index contributed by atoms with van der Waals surface area (Å²) in [6.45, 7) is 3.25. The van der Waals surface area contributed by atoms with Crippen LogP contribution in [-0.2, 0) is 14.3 Å². The highest BCUT2D eigenvalue weighted by atomic mass is 16.5. The zero-order valence-corrected chi connectivity index (χ0v) is 19.3. The average molecular weight is 463 g/mol. The molecule has 1 saturated carbocycles. The SMILES string of the molecule is CC[C@@H](CC(=O)N1CC[C@@H]2C(C(=O)O)[C@@H]2C1)NC(=O)OCC1c2ccccc2-c2ccccc21. The Morgan fingerprint density at radius 3 is 2.32 bits per heavy atom. The van der Waals surface area contributed by atoms with Crippen molar-refractivity contribution < 1.29 is 24.2 Å². The van der Waals surface area contributed by atoms with E-state index in [1.807, 2.05) is 31.2 Å². The lowest BCUT2D eigenvalue weighted by atomic mass is 9.98. The largest absolute Gasteiger partial charge is 0.481 e. The summed E-state index contributed by atoms with van der Waals surface area (Å²) in [6.07, 6.45) is 1.02. The summed E-state index contributed by atoms with van der Waals surface area (Å²) in [5.41, 5.74) is 4.66. The maximum absolute atomic E-state index is 12.8. The zero-order chi connectivity index (χ0) is 23.8. The van der Waals surface area contributed by atoms with E-state index in [0.29, 0.717) is 19.5 Å². The topological polar surface area (TPSA) is 95.9 Å². The molecular weight excluding hydrogens is 432 g/mol. The third-order valence-corrected chi connectivity index (χ3v) is 7.71. The van der Waals surface area contributed by atoms with Crippen LogP contribution < -0.4 is 5.32 Å². The second-order valence-electron chi connectivity index (χ2n) is 9.60. The quantitative estimate of drug-likeness (QED) is 0.651. The highest BCUT2D eigenvalue weighted by molar-refractivity contribution is 5.80. The van der Waals surface area contributed by atoms with Crippen molar-refractivity contribution in [2.24, 2.45) is 17.8 Å². The Morgan fingerprint density at radius 1 is 1.06 bits per heavy atom. The van der Waals surface area contributed by atoms with Crippen LogP contribution in [0.3, 0.4) is 0 Å². The van der Waals surface area contributed by atoms with E-state index in [2.05, 4.69) is 29.6 Å². The molecule has 2 N–H and O–H groups in total. The van der Waals surface area contributed by atoms with Crippen LogP contribution in [0.25, 0.3) is 11.1 Å². The highest BCUT2D eigenvalue weighted by Gasteiger charge is 2.57. The molecule has 3 aliphatic rings. The van der Waals surface area contributed by atoms with Crippen LogP contribution in [0, 0.1) is 17.8 Å². The van der Waals surface area contributed by atoms with E-state index in [1.54, 1.807) is 4.90 Å². The number of piperidine rings is 1. The number of ether oxygens (including phenoxy) is 1. The number of carboxylic acid groups (broad SMARTS) is 1. The fraction of sp³-hybridized carbons (Fsp3) is 0.444. The Bertz CT molecular complexity index is 1070. The number of carbonyl (C=O) groups is 3. The molecule has 0 bridgehead atoms. The van der Waals surface area contributed by atoms with Crippen molar-refractivity contribution in [3.05, 3.63) is 59.7 Å². The van der Waals surface area contributed by atoms with Gasteiger partial charge in [-0.2, -0.15) is 0 Å². The first-order chi connectivity index (χ1) is 16.5. The van der Waals surface area contributed by atoms with Crippen LogP contribution in [0.1, 0.15) is 43.2 Å². The van der Waals surface area contributed by atoms with Crippen molar-refractivity contribution in [2.45, 2.75) is 38.1 Å². The molecular formula is C27H30N2O5. The predicted molar refractivity (Wildman–Crippen MR) is 126 cm³/mol. The predicted octanol–water partition coefficient (Wildman–Crippen LogP) is 3.87. The minimum atomic E-state index is -0.757. The van der Waals surface area contributed by atoms with Crippen LogP contribution in [0.15, 0.2) is 48.5 Å². The normalized spacial score (nSPS) is 23.3. The van der Waals surface area contributed by atoms with Crippen LogP contribution in [0.4, 0.5) is 4.79 Å². The summed E-state index contributed by atoms with van der Waals surface area (Å²) in [5, 5.41) is 12.1. The van der Waals surface area contributed by atoms with Gasteiger partial charge in [0.05, 0.1) is 5.92 Å². The van der Waals surface area contributed by atoms with Crippen LogP contribution in [0.2, 0.25) is 0 Å². The molecule has 5 rings (SSSR count). The molecule has 2 fully saturated rings. The molecule has 4 atom stereocenters. The monoisotopic (exact) mass is 462 g/mol.